The molecule has 1 aromatic rings. The van der Waals surface area contributed by atoms with E-state index in [2.05, 4.69) is 24.1 Å². The predicted octanol–water partition coefficient (Wildman–Crippen LogP) is 2.42. The molecule has 1 fully saturated rings. The summed E-state index contributed by atoms with van der Waals surface area (Å²) in [4.78, 5) is 4.38. The second-order valence-electron chi connectivity index (χ2n) is 5.22. The Labute approximate surface area is 97.6 Å². The van der Waals surface area contributed by atoms with E-state index in [1.165, 1.54) is 12.8 Å². The van der Waals surface area contributed by atoms with Crippen LogP contribution in [0, 0.1) is 11.8 Å². The Bertz CT molecular complexity index is 313. The van der Waals surface area contributed by atoms with Crippen LogP contribution in [0.3, 0.4) is 0 Å². The van der Waals surface area contributed by atoms with E-state index in [0.29, 0.717) is 5.92 Å². The highest BCUT2D eigenvalue weighted by atomic mass is 16.4. The van der Waals surface area contributed by atoms with E-state index in [-0.39, 0.29) is 0 Å². The average molecular weight is 222 g/mol. The predicted molar refractivity (Wildman–Crippen MR) is 64.3 cm³/mol. The normalized spacial score (nSPS) is 18.2. The van der Waals surface area contributed by atoms with Crippen LogP contribution in [0.1, 0.15) is 38.3 Å². The number of piperidine rings is 1. The van der Waals surface area contributed by atoms with Gasteiger partial charge in [-0.25, -0.2) is 4.98 Å². The summed E-state index contributed by atoms with van der Waals surface area (Å²) in [5, 5.41) is 3.38. The van der Waals surface area contributed by atoms with E-state index in [9.17, 15) is 0 Å². The molecule has 1 N–H and O–H groups in total. The van der Waals surface area contributed by atoms with Gasteiger partial charge in [0.25, 0.3) is 0 Å². The zero-order valence-corrected chi connectivity index (χ0v) is 10.3. The summed E-state index contributed by atoms with van der Waals surface area (Å²) >= 11 is 0. The summed E-state index contributed by atoms with van der Waals surface area (Å²) in [6, 6.07) is 0. The summed E-state index contributed by atoms with van der Waals surface area (Å²) in [6.45, 7) is 6.69. The van der Waals surface area contributed by atoms with Crippen molar-refractivity contribution in [1.82, 2.24) is 10.3 Å². The minimum absolute atomic E-state index is 0.639. The fourth-order valence-corrected chi connectivity index (χ4v) is 2.27. The molecule has 0 bridgehead atoms. The number of hydrogen-bond acceptors (Lipinski definition) is 3. The van der Waals surface area contributed by atoms with Gasteiger partial charge in [0.1, 0.15) is 5.76 Å². The highest BCUT2D eigenvalue weighted by Gasteiger charge is 2.16. The van der Waals surface area contributed by atoms with Crippen LogP contribution in [0.4, 0.5) is 0 Å². The Balaban J connectivity index is 1.86. The lowest BCUT2D eigenvalue weighted by Gasteiger charge is -2.20. The third kappa shape index (κ3) is 3.34. The Morgan fingerprint density at radius 1 is 1.44 bits per heavy atom. The molecular weight excluding hydrogens is 200 g/mol. The van der Waals surface area contributed by atoms with Crippen LogP contribution in [-0.4, -0.2) is 18.1 Å². The molecule has 1 aliphatic rings. The Morgan fingerprint density at radius 2 is 2.19 bits per heavy atom. The lowest BCUT2D eigenvalue weighted by molar-refractivity contribution is 0.334. The lowest BCUT2D eigenvalue weighted by Crippen LogP contribution is -2.28. The van der Waals surface area contributed by atoms with E-state index in [0.717, 1.165) is 43.5 Å². The number of rotatable bonds is 4. The van der Waals surface area contributed by atoms with Gasteiger partial charge in [0, 0.05) is 12.8 Å². The number of hydrogen-bond donors (Lipinski definition) is 1. The molecule has 16 heavy (non-hydrogen) atoms. The van der Waals surface area contributed by atoms with Crippen molar-refractivity contribution in [2.45, 2.75) is 39.5 Å². The maximum absolute atomic E-state index is 5.77. The monoisotopic (exact) mass is 222 g/mol. The molecule has 1 saturated heterocycles. The summed E-state index contributed by atoms with van der Waals surface area (Å²) in [5.41, 5.74) is 0. The molecule has 90 valence electrons. The van der Waals surface area contributed by atoms with Crippen molar-refractivity contribution < 1.29 is 4.42 Å². The van der Waals surface area contributed by atoms with Crippen molar-refractivity contribution in [3.8, 4) is 0 Å². The van der Waals surface area contributed by atoms with Crippen LogP contribution in [0.5, 0.6) is 0 Å². The standard InChI is InChI=1S/C13H22N2O/c1-10(2)7-12-9-15-13(16-12)8-11-3-5-14-6-4-11/h9-11,14H,3-8H2,1-2H3. The number of nitrogens with zero attached hydrogens (tertiary/aromatic N) is 1. The lowest BCUT2D eigenvalue weighted by atomic mass is 9.95. The zero-order chi connectivity index (χ0) is 11.4. The molecule has 0 atom stereocenters. The van der Waals surface area contributed by atoms with Crippen LogP contribution in [0.25, 0.3) is 0 Å². The van der Waals surface area contributed by atoms with E-state index < -0.39 is 0 Å². The molecule has 3 heteroatoms. The molecule has 0 amide bonds. The second-order valence-corrected chi connectivity index (χ2v) is 5.22. The average Bonchev–Trinajstić information content (AvgIpc) is 2.66. The van der Waals surface area contributed by atoms with E-state index >= 15 is 0 Å². The van der Waals surface area contributed by atoms with E-state index in [1.807, 2.05) is 6.20 Å². The molecule has 0 aromatic carbocycles. The molecule has 2 rings (SSSR count). The van der Waals surface area contributed by atoms with Gasteiger partial charge in [-0.3, -0.25) is 0 Å². The van der Waals surface area contributed by atoms with E-state index in [1.54, 1.807) is 0 Å². The first-order valence-electron chi connectivity index (χ1n) is 6.38. The minimum Gasteiger partial charge on any atom is -0.446 e. The molecule has 1 aromatic heterocycles. The van der Waals surface area contributed by atoms with Crippen molar-refractivity contribution in [3.63, 3.8) is 0 Å². The number of oxazole rings is 1. The largest absolute Gasteiger partial charge is 0.446 e. The van der Waals surface area contributed by atoms with Gasteiger partial charge in [-0.05, 0) is 37.8 Å². The summed E-state index contributed by atoms with van der Waals surface area (Å²) < 4.78 is 5.77. The third-order valence-corrected chi connectivity index (χ3v) is 3.13. The van der Waals surface area contributed by atoms with E-state index in [4.69, 9.17) is 4.42 Å². The number of aromatic nitrogens is 1. The van der Waals surface area contributed by atoms with Crippen LogP contribution < -0.4 is 5.32 Å². The quantitative estimate of drug-likeness (QED) is 0.850. The topological polar surface area (TPSA) is 38.1 Å². The first-order valence-corrected chi connectivity index (χ1v) is 6.38. The first-order chi connectivity index (χ1) is 7.74. The van der Waals surface area contributed by atoms with Crippen molar-refractivity contribution in [3.05, 3.63) is 17.8 Å². The van der Waals surface area contributed by atoms with Gasteiger partial charge in [0.2, 0.25) is 0 Å². The van der Waals surface area contributed by atoms with Crippen molar-refractivity contribution in [2.75, 3.05) is 13.1 Å². The molecular formula is C13H22N2O. The highest BCUT2D eigenvalue weighted by Crippen LogP contribution is 2.18. The van der Waals surface area contributed by atoms with Crippen LogP contribution in [0.15, 0.2) is 10.6 Å². The fourth-order valence-electron chi connectivity index (χ4n) is 2.27. The summed E-state index contributed by atoms with van der Waals surface area (Å²) in [7, 11) is 0. The Kier molecular flexibility index (Phi) is 3.99. The summed E-state index contributed by atoms with van der Waals surface area (Å²) in [6.07, 6.45) is 6.42. The summed E-state index contributed by atoms with van der Waals surface area (Å²) in [5.74, 6) is 3.37. The smallest absolute Gasteiger partial charge is 0.194 e. The van der Waals surface area contributed by atoms with Gasteiger partial charge >= 0.3 is 0 Å². The Morgan fingerprint density at radius 3 is 2.88 bits per heavy atom. The van der Waals surface area contributed by atoms with Crippen molar-refractivity contribution in [1.29, 1.82) is 0 Å². The zero-order valence-electron chi connectivity index (χ0n) is 10.3. The van der Waals surface area contributed by atoms with Crippen LogP contribution in [-0.2, 0) is 12.8 Å². The van der Waals surface area contributed by atoms with Crippen molar-refractivity contribution >= 4 is 0 Å². The Hall–Kier alpha value is -0.830. The maximum atomic E-state index is 5.77. The van der Waals surface area contributed by atoms with Gasteiger partial charge in [-0.15, -0.1) is 0 Å². The molecule has 3 nitrogen and oxygen atoms in total. The van der Waals surface area contributed by atoms with Crippen molar-refractivity contribution in [2.24, 2.45) is 11.8 Å². The van der Waals surface area contributed by atoms with Crippen LogP contribution in [0.2, 0.25) is 0 Å². The van der Waals surface area contributed by atoms with Gasteiger partial charge < -0.3 is 9.73 Å². The first kappa shape index (κ1) is 11.6. The van der Waals surface area contributed by atoms with Crippen LogP contribution >= 0.6 is 0 Å². The molecule has 0 aliphatic carbocycles. The van der Waals surface area contributed by atoms with Gasteiger partial charge in [0.15, 0.2) is 5.89 Å². The minimum atomic E-state index is 0.639. The molecule has 1 aliphatic heterocycles. The highest BCUT2D eigenvalue weighted by molar-refractivity contribution is 4.96. The number of nitrogens with one attached hydrogen (secondary N) is 1. The molecule has 0 unspecified atom stereocenters. The third-order valence-electron chi connectivity index (χ3n) is 3.13. The maximum Gasteiger partial charge on any atom is 0.194 e. The fraction of sp³-hybridized carbons (Fsp3) is 0.769. The second kappa shape index (κ2) is 5.48. The van der Waals surface area contributed by atoms with Gasteiger partial charge in [-0.1, -0.05) is 13.8 Å². The van der Waals surface area contributed by atoms with Gasteiger partial charge in [0.05, 0.1) is 6.20 Å². The molecule has 2 heterocycles. The molecule has 0 spiro atoms. The van der Waals surface area contributed by atoms with Gasteiger partial charge in [-0.2, -0.15) is 0 Å². The molecule has 0 radical (unpaired) electrons. The molecule has 0 saturated carbocycles. The SMILES string of the molecule is CC(C)Cc1cnc(CC2CCNCC2)o1.